The van der Waals surface area contributed by atoms with Crippen molar-refractivity contribution in [3.63, 3.8) is 0 Å². The second-order valence-electron chi connectivity index (χ2n) is 5.52. The van der Waals surface area contributed by atoms with Crippen molar-refractivity contribution >= 4 is 23.3 Å². The van der Waals surface area contributed by atoms with Crippen LogP contribution in [-0.4, -0.2) is 12.6 Å². The number of alkyl halides is 3. The summed E-state index contributed by atoms with van der Waals surface area (Å²) in [4.78, 5) is 11.8. The van der Waals surface area contributed by atoms with E-state index in [0.29, 0.717) is 6.54 Å². The van der Waals surface area contributed by atoms with Crippen molar-refractivity contribution in [3.05, 3.63) is 64.7 Å². The fourth-order valence-corrected chi connectivity index (χ4v) is 2.43. The lowest BCUT2D eigenvalue weighted by atomic mass is 10.1. The van der Waals surface area contributed by atoms with Crippen molar-refractivity contribution in [2.75, 3.05) is 11.9 Å². The van der Waals surface area contributed by atoms with Gasteiger partial charge in [-0.2, -0.15) is 13.2 Å². The highest BCUT2D eigenvalue weighted by Gasteiger charge is 2.31. The summed E-state index contributed by atoms with van der Waals surface area (Å²) in [5.41, 5.74) is 0.288. The predicted octanol–water partition coefficient (Wildman–Crippen LogP) is 5.50. The van der Waals surface area contributed by atoms with Crippen LogP contribution in [0, 0.1) is 0 Å². The monoisotopic (exact) mass is 370 g/mol. The van der Waals surface area contributed by atoms with Gasteiger partial charge >= 0.3 is 12.2 Å². The summed E-state index contributed by atoms with van der Waals surface area (Å²) in [6.45, 7) is 0.426. The topological polar surface area (TPSA) is 41.1 Å². The van der Waals surface area contributed by atoms with Gasteiger partial charge < -0.3 is 10.6 Å². The normalized spacial score (nSPS) is 11.2. The molecule has 0 saturated heterocycles. The second kappa shape index (κ2) is 8.76. The van der Waals surface area contributed by atoms with Gasteiger partial charge in [-0.3, -0.25) is 0 Å². The maximum Gasteiger partial charge on any atom is 0.416 e. The third-order valence-electron chi connectivity index (χ3n) is 3.56. The molecule has 0 fully saturated rings. The predicted molar refractivity (Wildman–Crippen MR) is 92.9 cm³/mol. The van der Waals surface area contributed by atoms with E-state index in [2.05, 4.69) is 10.6 Å². The van der Waals surface area contributed by atoms with Crippen LogP contribution in [0.5, 0.6) is 0 Å². The number of hydrogen-bond donors (Lipinski definition) is 2. The summed E-state index contributed by atoms with van der Waals surface area (Å²) in [5, 5.41) is 5.01. The van der Waals surface area contributed by atoms with Crippen LogP contribution in [0.3, 0.4) is 0 Å². The standard InChI is InChI=1S/C18H18ClF3N2O/c19-15-10-9-14(18(20,21)22)12-16(15)24-17(25)23-11-5-4-8-13-6-2-1-3-7-13/h1-3,6-7,9-10,12H,4-5,8,11H2,(H2,23,24,25). The Morgan fingerprint density at radius 3 is 2.44 bits per heavy atom. The molecule has 0 saturated carbocycles. The minimum Gasteiger partial charge on any atom is -0.338 e. The molecule has 0 atom stereocenters. The Labute approximate surface area is 149 Å². The third kappa shape index (κ3) is 6.31. The van der Waals surface area contributed by atoms with Gasteiger partial charge in [0.25, 0.3) is 0 Å². The summed E-state index contributed by atoms with van der Waals surface area (Å²) in [6, 6.07) is 12.2. The first kappa shape index (κ1) is 19.1. The van der Waals surface area contributed by atoms with E-state index in [1.54, 1.807) is 0 Å². The molecular formula is C18H18ClF3N2O. The van der Waals surface area contributed by atoms with Crippen LogP contribution in [-0.2, 0) is 12.6 Å². The molecule has 7 heteroatoms. The Bertz CT molecular complexity index is 705. The first-order valence-corrected chi connectivity index (χ1v) is 8.19. The highest BCUT2D eigenvalue weighted by molar-refractivity contribution is 6.33. The first-order chi connectivity index (χ1) is 11.9. The average molecular weight is 371 g/mol. The molecule has 3 nitrogen and oxygen atoms in total. The Morgan fingerprint density at radius 1 is 1.04 bits per heavy atom. The number of hydrogen-bond acceptors (Lipinski definition) is 1. The maximum atomic E-state index is 12.7. The molecule has 2 aromatic carbocycles. The number of nitrogens with one attached hydrogen (secondary N) is 2. The summed E-state index contributed by atoms with van der Waals surface area (Å²) >= 11 is 5.83. The average Bonchev–Trinajstić information content (AvgIpc) is 2.56. The van der Waals surface area contributed by atoms with E-state index < -0.39 is 17.8 Å². The largest absolute Gasteiger partial charge is 0.416 e. The van der Waals surface area contributed by atoms with E-state index in [1.807, 2.05) is 30.3 Å². The van der Waals surface area contributed by atoms with Crippen molar-refractivity contribution in [2.24, 2.45) is 0 Å². The lowest BCUT2D eigenvalue weighted by Gasteiger charge is -2.12. The van der Waals surface area contributed by atoms with Crippen LogP contribution in [0.4, 0.5) is 23.7 Å². The molecule has 0 aromatic heterocycles. The quantitative estimate of drug-likeness (QED) is 0.647. The molecule has 134 valence electrons. The number of urea groups is 1. The van der Waals surface area contributed by atoms with Crippen molar-refractivity contribution in [2.45, 2.75) is 25.4 Å². The molecule has 25 heavy (non-hydrogen) atoms. The lowest BCUT2D eigenvalue weighted by Crippen LogP contribution is -2.29. The van der Waals surface area contributed by atoms with Crippen molar-refractivity contribution in [1.82, 2.24) is 5.32 Å². The van der Waals surface area contributed by atoms with Gasteiger partial charge in [-0.05, 0) is 43.0 Å². The van der Waals surface area contributed by atoms with Gasteiger partial charge in [-0.25, -0.2) is 4.79 Å². The molecule has 2 amide bonds. The third-order valence-corrected chi connectivity index (χ3v) is 3.89. The van der Waals surface area contributed by atoms with Gasteiger partial charge in [0, 0.05) is 6.54 Å². The minimum atomic E-state index is -4.49. The van der Waals surface area contributed by atoms with Gasteiger partial charge in [-0.1, -0.05) is 41.9 Å². The van der Waals surface area contributed by atoms with Crippen LogP contribution >= 0.6 is 11.6 Å². The first-order valence-electron chi connectivity index (χ1n) is 7.82. The van der Waals surface area contributed by atoms with Crippen LogP contribution in [0.15, 0.2) is 48.5 Å². The summed E-state index contributed by atoms with van der Waals surface area (Å²) in [5.74, 6) is 0. The SMILES string of the molecule is O=C(NCCCCc1ccccc1)Nc1cc(C(F)(F)F)ccc1Cl. The van der Waals surface area contributed by atoms with E-state index in [4.69, 9.17) is 11.6 Å². The fourth-order valence-electron chi connectivity index (χ4n) is 2.26. The molecule has 2 rings (SSSR count). The Morgan fingerprint density at radius 2 is 1.76 bits per heavy atom. The second-order valence-corrected chi connectivity index (χ2v) is 5.92. The zero-order valence-electron chi connectivity index (χ0n) is 13.4. The molecule has 2 N–H and O–H groups in total. The van der Waals surface area contributed by atoms with E-state index in [0.717, 1.165) is 37.5 Å². The van der Waals surface area contributed by atoms with E-state index >= 15 is 0 Å². The number of carbonyl (C=O) groups is 1. The van der Waals surface area contributed by atoms with Gasteiger partial charge in [0.1, 0.15) is 0 Å². The van der Waals surface area contributed by atoms with Crippen LogP contribution in [0.1, 0.15) is 24.0 Å². The summed E-state index contributed by atoms with van der Waals surface area (Å²) in [7, 11) is 0. The Kier molecular flexibility index (Phi) is 6.70. The number of aryl methyl sites for hydroxylation is 1. The number of carbonyl (C=O) groups excluding carboxylic acids is 1. The number of benzene rings is 2. The van der Waals surface area contributed by atoms with Gasteiger partial charge in [0.2, 0.25) is 0 Å². The highest BCUT2D eigenvalue weighted by Crippen LogP contribution is 2.33. The van der Waals surface area contributed by atoms with Crippen molar-refractivity contribution in [3.8, 4) is 0 Å². The smallest absolute Gasteiger partial charge is 0.338 e. The number of unbranched alkanes of at least 4 members (excludes halogenated alkanes) is 1. The number of rotatable bonds is 6. The molecule has 0 aliphatic carbocycles. The van der Waals surface area contributed by atoms with Crippen LogP contribution < -0.4 is 10.6 Å². The number of halogens is 4. The maximum absolute atomic E-state index is 12.7. The molecule has 2 aromatic rings. The van der Waals surface area contributed by atoms with E-state index in [-0.39, 0.29) is 10.7 Å². The fraction of sp³-hybridized carbons (Fsp3) is 0.278. The molecule has 0 bridgehead atoms. The zero-order valence-corrected chi connectivity index (χ0v) is 14.1. The summed E-state index contributed by atoms with van der Waals surface area (Å²) < 4.78 is 38.1. The molecule has 0 unspecified atom stereocenters. The van der Waals surface area contributed by atoms with Gasteiger partial charge in [-0.15, -0.1) is 0 Å². The molecule has 0 aliphatic rings. The van der Waals surface area contributed by atoms with Crippen molar-refractivity contribution < 1.29 is 18.0 Å². The Hall–Kier alpha value is -2.21. The molecule has 0 spiro atoms. The summed E-state index contributed by atoms with van der Waals surface area (Å²) in [6.07, 6.45) is -1.92. The minimum absolute atomic E-state index is 0.0484. The van der Waals surface area contributed by atoms with Gasteiger partial charge in [0.05, 0.1) is 16.3 Å². The van der Waals surface area contributed by atoms with E-state index in [1.165, 1.54) is 5.56 Å². The molecule has 0 aliphatic heterocycles. The lowest BCUT2D eigenvalue weighted by molar-refractivity contribution is -0.137. The van der Waals surface area contributed by atoms with Crippen molar-refractivity contribution in [1.29, 1.82) is 0 Å². The number of amides is 2. The highest BCUT2D eigenvalue weighted by atomic mass is 35.5. The van der Waals surface area contributed by atoms with Crippen LogP contribution in [0.25, 0.3) is 0 Å². The van der Waals surface area contributed by atoms with Gasteiger partial charge in [0.15, 0.2) is 0 Å². The molecule has 0 heterocycles. The molecular weight excluding hydrogens is 353 g/mol. The zero-order chi connectivity index (χ0) is 18.3. The number of anilines is 1. The molecule has 0 radical (unpaired) electrons. The van der Waals surface area contributed by atoms with E-state index in [9.17, 15) is 18.0 Å². The Balaban J connectivity index is 1.77. The van der Waals surface area contributed by atoms with Crippen LogP contribution in [0.2, 0.25) is 5.02 Å².